The summed E-state index contributed by atoms with van der Waals surface area (Å²) in [5.41, 5.74) is 6.01. The molecule has 0 aliphatic carbocycles. The number of thiophene rings is 1. The summed E-state index contributed by atoms with van der Waals surface area (Å²) in [7, 11) is 1.55. The van der Waals surface area contributed by atoms with Crippen LogP contribution in [-0.4, -0.2) is 53.2 Å². The van der Waals surface area contributed by atoms with Crippen LogP contribution in [0, 0.1) is 0 Å². The average molecular weight is 333 g/mol. The third-order valence-electron chi connectivity index (χ3n) is 3.05. The van der Waals surface area contributed by atoms with Crippen molar-refractivity contribution >= 4 is 37.8 Å². The highest BCUT2D eigenvalue weighted by Gasteiger charge is 2.29. The lowest BCUT2D eigenvalue weighted by molar-refractivity contribution is 0.0833. The Bertz CT molecular complexity index is 621. The van der Waals surface area contributed by atoms with E-state index in [1.54, 1.807) is 14.1 Å². The summed E-state index contributed by atoms with van der Waals surface area (Å²) >= 11 is 1.14. The van der Waals surface area contributed by atoms with Gasteiger partial charge in [-0.15, -0.1) is 11.3 Å². The maximum Gasteiger partial charge on any atom is 0.265 e. The molecule has 0 spiro atoms. The molecule has 0 unspecified atom stereocenters. The second-order valence-corrected chi connectivity index (χ2v) is 8.18. The monoisotopic (exact) mass is 333 g/mol. The van der Waals surface area contributed by atoms with Gasteiger partial charge in [-0.1, -0.05) is 13.3 Å². The smallest absolute Gasteiger partial charge is 0.265 e. The lowest BCUT2D eigenvalue weighted by Gasteiger charge is -2.18. The van der Waals surface area contributed by atoms with E-state index in [4.69, 9.17) is 5.73 Å². The van der Waals surface area contributed by atoms with Crippen molar-refractivity contribution in [2.45, 2.75) is 24.7 Å². The van der Waals surface area contributed by atoms with Crippen molar-refractivity contribution in [1.29, 1.82) is 0 Å². The highest BCUT2D eigenvalue weighted by atomic mass is 32.2. The first-order valence-electron chi connectivity index (χ1n) is 6.66. The van der Waals surface area contributed by atoms with Crippen molar-refractivity contribution in [2.75, 3.05) is 44.6 Å². The molecule has 1 rings (SSSR count). The van der Waals surface area contributed by atoms with E-state index in [0.29, 0.717) is 11.5 Å². The van der Waals surface area contributed by atoms with Crippen LogP contribution in [0.2, 0.25) is 0 Å². The second kappa shape index (κ2) is 6.65. The van der Waals surface area contributed by atoms with E-state index in [1.807, 2.05) is 11.9 Å². The Balaban J connectivity index is 3.42. The maximum atomic E-state index is 12.1. The normalized spacial score (nSPS) is 11.5. The van der Waals surface area contributed by atoms with Crippen molar-refractivity contribution in [3.63, 3.8) is 0 Å². The van der Waals surface area contributed by atoms with Gasteiger partial charge in [-0.25, -0.2) is 8.42 Å². The predicted octanol–water partition coefficient (Wildman–Crippen LogP) is 1.67. The van der Waals surface area contributed by atoms with Crippen molar-refractivity contribution in [1.82, 2.24) is 4.90 Å². The summed E-state index contributed by atoms with van der Waals surface area (Å²) in [5, 5.41) is 0.536. The molecule has 0 fully saturated rings. The van der Waals surface area contributed by atoms with Crippen molar-refractivity contribution in [3.05, 3.63) is 4.88 Å². The Morgan fingerprint density at radius 2 is 1.86 bits per heavy atom. The lowest BCUT2D eigenvalue weighted by Crippen LogP contribution is -2.21. The Morgan fingerprint density at radius 1 is 1.29 bits per heavy atom. The van der Waals surface area contributed by atoms with Crippen molar-refractivity contribution in [3.8, 4) is 0 Å². The first-order chi connectivity index (χ1) is 9.61. The highest BCUT2D eigenvalue weighted by molar-refractivity contribution is 7.91. The third-order valence-corrected chi connectivity index (χ3v) is 5.64. The lowest BCUT2D eigenvalue weighted by atomic mass is 10.3. The Hall–Kier alpha value is -1.28. The number of nitrogen functional groups attached to an aromatic ring is 1. The molecule has 120 valence electrons. The fraction of sp³-hybridized carbons (Fsp3) is 0.615. The molecule has 0 saturated carbocycles. The first-order valence-corrected chi connectivity index (χ1v) is 9.37. The molecular formula is C13H23N3O3S2. The van der Waals surface area contributed by atoms with Gasteiger partial charge in [0.05, 0.1) is 5.69 Å². The van der Waals surface area contributed by atoms with Crippen molar-refractivity contribution < 1.29 is 13.2 Å². The molecule has 8 heteroatoms. The number of carbonyl (C=O) groups is 1. The number of anilines is 2. The summed E-state index contributed by atoms with van der Waals surface area (Å²) < 4.78 is 24.1. The van der Waals surface area contributed by atoms with Gasteiger partial charge >= 0.3 is 0 Å². The van der Waals surface area contributed by atoms with Gasteiger partial charge < -0.3 is 15.5 Å². The maximum absolute atomic E-state index is 12.1. The molecule has 1 heterocycles. The Kier molecular flexibility index (Phi) is 5.63. The standard InChI is InChI=1S/C13H23N3O3S2/c1-6-7-8-16(4)13-11(21(5,18)19)9(14)10(20-13)12(17)15(2)3/h6-8,14H2,1-5H3. The van der Waals surface area contributed by atoms with Crippen LogP contribution in [0.5, 0.6) is 0 Å². The largest absolute Gasteiger partial charge is 0.396 e. The average Bonchev–Trinajstić information content (AvgIpc) is 2.72. The van der Waals surface area contributed by atoms with Crippen molar-refractivity contribution in [2.24, 2.45) is 0 Å². The van der Waals surface area contributed by atoms with Crippen LogP contribution >= 0.6 is 11.3 Å². The van der Waals surface area contributed by atoms with E-state index in [-0.39, 0.29) is 21.4 Å². The molecule has 0 bridgehead atoms. The van der Waals surface area contributed by atoms with Crippen LogP contribution in [0.3, 0.4) is 0 Å². The van der Waals surface area contributed by atoms with Crippen LogP contribution in [-0.2, 0) is 9.84 Å². The number of nitrogens with zero attached hydrogens (tertiary/aromatic N) is 2. The zero-order chi connectivity index (χ0) is 16.4. The molecule has 0 aliphatic heterocycles. The molecule has 0 atom stereocenters. The van der Waals surface area contributed by atoms with Crippen LogP contribution in [0.25, 0.3) is 0 Å². The number of amides is 1. The van der Waals surface area contributed by atoms with Crippen LogP contribution in [0.1, 0.15) is 29.4 Å². The topological polar surface area (TPSA) is 83.7 Å². The minimum atomic E-state index is -3.50. The zero-order valence-electron chi connectivity index (χ0n) is 13.1. The molecule has 6 nitrogen and oxygen atoms in total. The summed E-state index contributed by atoms with van der Waals surface area (Å²) in [4.78, 5) is 15.7. The van der Waals surface area contributed by atoms with Gasteiger partial charge in [-0.3, -0.25) is 4.79 Å². The zero-order valence-corrected chi connectivity index (χ0v) is 14.8. The van der Waals surface area contributed by atoms with E-state index in [9.17, 15) is 13.2 Å². The molecule has 0 radical (unpaired) electrons. The molecule has 21 heavy (non-hydrogen) atoms. The quantitative estimate of drug-likeness (QED) is 0.856. The molecule has 2 N–H and O–H groups in total. The number of nitrogens with two attached hydrogens (primary N) is 1. The molecule has 1 amide bonds. The Morgan fingerprint density at radius 3 is 2.29 bits per heavy atom. The van der Waals surface area contributed by atoms with Gasteiger partial charge in [0.15, 0.2) is 9.84 Å². The van der Waals surface area contributed by atoms with E-state index in [0.717, 1.165) is 30.4 Å². The SMILES string of the molecule is CCCCN(C)c1sc(C(=O)N(C)C)c(N)c1S(C)(=O)=O. The number of carbonyl (C=O) groups excluding carboxylic acids is 1. The van der Waals surface area contributed by atoms with E-state index in [1.165, 1.54) is 4.90 Å². The third kappa shape index (κ3) is 3.88. The molecule has 1 aromatic heterocycles. The highest BCUT2D eigenvalue weighted by Crippen LogP contribution is 2.41. The van der Waals surface area contributed by atoms with E-state index >= 15 is 0 Å². The summed E-state index contributed by atoms with van der Waals surface area (Å²) in [6, 6.07) is 0. The number of hydrogen-bond acceptors (Lipinski definition) is 6. The molecule has 1 aromatic rings. The molecule has 0 aliphatic rings. The second-order valence-electron chi connectivity index (χ2n) is 5.23. The summed E-state index contributed by atoms with van der Waals surface area (Å²) in [6.07, 6.45) is 3.06. The minimum absolute atomic E-state index is 0.0551. The number of rotatable bonds is 6. The number of unbranched alkanes of at least 4 members (excludes halogenated alkanes) is 1. The molecule has 0 aromatic carbocycles. The van der Waals surface area contributed by atoms with Gasteiger partial charge in [-0.2, -0.15) is 0 Å². The van der Waals surface area contributed by atoms with Crippen LogP contribution in [0.4, 0.5) is 10.7 Å². The van der Waals surface area contributed by atoms with Gasteiger partial charge in [0.1, 0.15) is 14.8 Å². The number of sulfone groups is 1. The minimum Gasteiger partial charge on any atom is -0.396 e. The molecular weight excluding hydrogens is 310 g/mol. The van der Waals surface area contributed by atoms with Gasteiger partial charge in [0.25, 0.3) is 5.91 Å². The predicted molar refractivity (Wildman–Crippen MR) is 88.0 cm³/mol. The van der Waals surface area contributed by atoms with E-state index < -0.39 is 9.84 Å². The fourth-order valence-electron chi connectivity index (χ4n) is 1.88. The fourth-order valence-corrected chi connectivity index (χ4v) is 4.63. The summed E-state index contributed by atoms with van der Waals surface area (Å²) in [6.45, 7) is 2.78. The Labute approximate surface area is 130 Å². The van der Waals surface area contributed by atoms with Gasteiger partial charge in [0.2, 0.25) is 0 Å². The van der Waals surface area contributed by atoms with Crippen LogP contribution in [0.15, 0.2) is 4.90 Å². The first kappa shape index (κ1) is 17.8. The van der Waals surface area contributed by atoms with Gasteiger partial charge in [0, 0.05) is 33.9 Å². The van der Waals surface area contributed by atoms with Gasteiger partial charge in [-0.05, 0) is 6.42 Å². The molecule has 0 saturated heterocycles. The summed E-state index contributed by atoms with van der Waals surface area (Å²) in [5.74, 6) is -0.280. The van der Waals surface area contributed by atoms with E-state index in [2.05, 4.69) is 6.92 Å². The number of hydrogen-bond donors (Lipinski definition) is 1. The van der Waals surface area contributed by atoms with Crippen LogP contribution < -0.4 is 10.6 Å².